The molecule has 0 aromatic heterocycles. The molecule has 0 bridgehead atoms. The van der Waals surface area contributed by atoms with E-state index in [1.165, 1.54) is 16.7 Å². The number of aryl methyl sites for hydroxylation is 2. The fraction of sp³-hybridized carbons (Fsp3) is 0.316. The lowest BCUT2D eigenvalue weighted by atomic mass is 10.1. The van der Waals surface area contributed by atoms with Crippen LogP contribution in [0.3, 0.4) is 0 Å². The zero-order chi connectivity index (χ0) is 17.1. The van der Waals surface area contributed by atoms with Gasteiger partial charge in [-0.05, 0) is 37.1 Å². The van der Waals surface area contributed by atoms with Crippen molar-refractivity contribution in [1.29, 1.82) is 0 Å². The number of urea groups is 1. The monoisotopic (exact) mass is 342 g/mol. The van der Waals surface area contributed by atoms with Crippen LogP contribution >= 0.6 is 11.8 Å². The van der Waals surface area contributed by atoms with Crippen LogP contribution in [0.25, 0.3) is 0 Å². The Balaban J connectivity index is 1.78. The topological polar surface area (TPSA) is 41.6 Å². The largest absolute Gasteiger partial charge is 0.497 e. The Hall–Kier alpha value is -2.14. The summed E-state index contributed by atoms with van der Waals surface area (Å²) in [5, 5.41) is 3.05. The summed E-state index contributed by atoms with van der Waals surface area (Å²) in [4.78, 5) is 14.6. The van der Waals surface area contributed by atoms with E-state index in [-0.39, 0.29) is 11.4 Å². The molecule has 1 saturated heterocycles. The van der Waals surface area contributed by atoms with Gasteiger partial charge in [0.2, 0.25) is 0 Å². The minimum Gasteiger partial charge on any atom is -0.497 e. The number of hydrogen-bond acceptors (Lipinski definition) is 3. The molecular weight excluding hydrogens is 320 g/mol. The van der Waals surface area contributed by atoms with Crippen LogP contribution in [-0.2, 0) is 0 Å². The van der Waals surface area contributed by atoms with Crippen molar-refractivity contribution in [3.05, 3.63) is 59.2 Å². The lowest BCUT2D eigenvalue weighted by Gasteiger charge is -2.26. The minimum absolute atomic E-state index is 0.0659. The molecule has 3 rings (SSSR count). The fourth-order valence-electron chi connectivity index (χ4n) is 2.93. The highest BCUT2D eigenvalue weighted by Gasteiger charge is 2.31. The van der Waals surface area contributed by atoms with Gasteiger partial charge >= 0.3 is 6.03 Å². The number of amides is 2. The highest BCUT2D eigenvalue weighted by atomic mass is 32.2. The number of hydrogen-bond donors (Lipinski definition) is 1. The van der Waals surface area contributed by atoms with E-state index in [9.17, 15) is 4.79 Å². The van der Waals surface area contributed by atoms with Crippen molar-refractivity contribution in [3.8, 4) is 5.75 Å². The quantitative estimate of drug-likeness (QED) is 0.887. The van der Waals surface area contributed by atoms with Crippen LogP contribution in [0.5, 0.6) is 5.75 Å². The molecule has 0 unspecified atom stereocenters. The molecule has 1 atom stereocenters. The van der Waals surface area contributed by atoms with Crippen molar-refractivity contribution in [2.45, 2.75) is 19.2 Å². The number of anilines is 1. The molecule has 1 heterocycles. The SMILES string of the molecule is COc1cccc(NC(=O)N2CCS[C@H]2c2ccc(C)cc2C)c1. The molecule has 1 aliphatic rings. The third kappa shape index (κ3) is 3.51. The molecule has 0 radical (unpaired) electrons. The highest BCUT2D eigenvalue weighted by molar-refractivity contribution is 7.99. The molecule has 0 saturated carbocycles. The summed E-state index contributed by atoms with van der Waals surface area (Å²) in [6.45, 7) is 4.95. The van der Waals surface area contributed by atoms with Crippen molar-refractivity contribution in [2.75, 3.05) is 24.7 Å². The van der Waals surface area contributed by atoms with Crippen molar-refractivity contribution < 1.29 is 9.53 Å². The molecule has 0 aliphatic carbocycles. The molecule has 1 fully saturated rings. The molecule has 24 heavy (non-hydrogen) atoms. The van der Waals surface area contributed by atoms with E-state index in [4.69, 9.17) is 4.74 Å². The minimum atomic E-state index is -0.0711. The van der Waals surface area contributed by atoms with Crippen LogP contribution in [0.4, 0.5) is 10.5 Å². The predicted octanol–water partition coefficient (Wildman–Crippen LogP) is 4.59. The normalized spacial score (nSPS) is 17.0. The second-order valence-electron chi connectivity index (χ2n) is 5.94. The zero-order valence-corrected chi connectivity index (χ0v) is 15.0. The maximum atomic E-state index is 12.7. The molecule has 2 amide bonds. The second kappa shape index (κ2) is 7.18. The van der Waals surface area contributed by atoms with Crippen molar-refractivity contribution >= 4 is 23.5 Å². The van der Waals surface area contributed by atoms with Gasteiger partial charge in [-0.2, -0.15) is 0 Å². The van der Waals surface area contributed by atoms with E-state index in [1.54, 1.807) is 7.11 Å². The van der Waals surface area contributed by atoms with Gasteiger partial charge in [-0.3, -0.25) is 0 Å². The van der Waals surface area contributed by atoms with E-state index >= 15 is 0 Å². The lowest BCUT2D eigenvalue weighted by Crippen LogP contribution is -2.34. The number of carbonyl (C=O) groups is 1. The first-order chi connectivity index (χ1) is 11.6. The van der Waals surface area contributed by atoms with Crippen molar-refractivity contribution in [3.63, 3.8) is 0 Å². The third-order valence-corrected chi connectivity index (χ3v) is 5.41. The Kier molecular flexibility index (Phi) is 5.00. The molecule has 2 aromatic carbocycles. The van der Waals surface area contributed by atoms with Crippen LogP contribution in [0.2, 0.25) is 0 Å². The predicted molar refractivity (Wildman–Crippen MR) is 99.8 cm³/mol. The second-order valence-corrected chi connectivity index (χ2v) is 7.13. The number of carbonyl (C=O) groups excluding carboxylic acids is 1. The smallest absolute Gasteiger partial charge is 0.323 e. The Morgan fingerprint density at radius 2 is 2.08 bits per heavy atom. The van der Waals surface area contributed by atoms with Crippen molar-refractivity contribution in [2.24, 2.45) is 0 Å². The van der Waals surface area contributed by atoms with Gasteiger partial charge in [0.1, 0.15) is 11.1 Å². The first kappa shape index (κ1) is 16.7. The summed E-state index contributed by atoms with van der Waals surface area (Å²) in [5.41, 5.74) is 4.43. The van der Waals surface area contributed by atoms with Gasteiger partial charge in [0, 0.05) is 24.1 Å². The lowest BCUT2D eigenvalue weighted by molar-refractivity contribution is 0.214. The summed E-state index contributed by atoms with van der Waals surface area (Å²) in [6.07, 6.45) is 0. The molecule has 0 spiro atoms. The molecule has 2 aromatic rings. The van der Waals surface area contributed by atoms with E-state index in [2.05, 4.69) is 37.4 Å². The molecule has 5 heteroatoms. The van der Waals surface area contributed by atoms with Crippen LogP contribution < -0.4 is 10.1 Å². The number of nitrogens with one attached hydrogen (secondary N) is 1. The van der Waals surface area contributed by atoms with E-state index in [1.807, 2.05) is 40.9 Å². The Morgan fingerprint density at radius 3 is 2.83 bits per heavy atom. The molecule has 1 aliphatic heterocycles. The average Bonchev–Trinajstić information content (AvgIpc) is 3.04. The highest BCUT2D eigenvalue weighted by Crippen LogP contribution is 2.39. The van der Waals surface area contributed by atoms with Crippen LogP contribution in [0, 0.1) is 13.8 Å². The molecule has 126 valence electrons. The number of rotatable bonds is 3. The zero-order valence-electron chi connectivity index (χ0n) is 14.2. The number of benzene rings is 2. The van der Waals surface area contributed by atoms with Gasteiger partial charge in [-0.1, -0.05) is 29.8 Å². The summed E-state index contributed by atoms with van der Waals surface area (Å²) in [6, 6.07) is 13.8. The molecule has 1 N–H and O–H groups in total. The maximum absolute atomic E-state index is 12.7. The molecule has 4 nitrogen and oxygen atoms in total. The van der Waals surface area contributed by atoms with Crippen LogP contribution in [-0.4, -0.2) is 30.3 Å². The Labute approximate surface area is 147 Å². The van der Waals surface area contributed by atoms with Gasteiger partial charge in [0.25, 0.3) is 0 Å². The van der Waals surface area contributed by atoms with Crippen molar-refractivity contribution in [1.82, 2.24) is 4.90 Å². The number of thioether (sulfide) groups is 1. The maximum Gasteiger partial charge on any atom is 0.323 e. The summed E-state index contributed by atoms with van der Waals surface area (Å²) >= 11 is 1.81. The van der Waals surface area contributed by atoms with E-state index < -0.39 is 0 Å². The van der Waals surface area contributed by atoms with Crippen LogP contribution in [0.1, 0.15) is 22.1 Å². The fourth-order valence-corrected chi connectivity index (χ4v) is 4.28. The number of nitrogens with zero attached hydrogens (tertiary/aromatic N) is 1. The summed E-state index contributed by atoms with van der Waals surface area (Å²) in [5.74, 6) is 1.68. The number of methoxy groups -OCH3 is 1. The van der Waals surface area contributed by atoms with Gasteiger partial charge in [-0.25, -0.2) is 4.79 Å². The Morgan fingerprint density at radius 1 is 1.25 bits per heavy atom. The van der Waals surface area contributed by atoms with Crippen LogP contribution in [0.15, 0.2) is 42.5 Å². The third-order valence-electron chi connectivity index (χ3n) is 4.16. The van der Waals surface area contributed by atoms with E-state index in [0.29, 0.717) is 0 Å². The van der Waals surface area contributed by atoms with Gasteiger partial charge < -0.3 is 15.0 Å². The number of ether oxygens (including phenoxy) is 1. The average molecular weight is 342 g/mol. The van der Waals surface area contributed by atoms with Gasteiger partial charge in [0.15, 0.2) is 0 Å². The summed E-state index contributed by atoms with van der Waals surface area (Å²) in [7, 11) is 1.62. The van der Waals surface area contributed by atoms with Gasteiger partial charge in [-0.15, -0.1) is 11.8 Å². The first-order valence-electron chi connectivity index (χ1n) is 7.99. The Bertz CT molecular complexity index is 748. The van der Waals surface area contributed by atoms with Gasteiger partial charge in [0.05, 0.1) is 7.11 Å². The first-order valence-corrected chi connectivity index (χ1v) is 9.04. The van der Waals surface area contributed by atoms with E-state index in [0.717, 1.165) is 23.7 Å². The standard InChI is InChI=1S/C19H22N2O2S/c1-13-7-8-17(14(2)11-13)18-21(9-10-24-18)19(22)20-15-5-4-6-16(12-15)23-3/h4-8,11-12,18H,9-10H2,1-3H3,(H,20,22)/t18-/m0/s1. The summed E-state index contributed by atoms with van der Waals surface area (Å²) < 4.78 is 5.21. The molecular formula is C19H22N2O2S.